The van der Waals surface area contributed by atoms with E-state index in [4.69, 9.17) is 5.73 Å². The van der Waals surface area contributed by atoms with Crippen LogP contribution in [0, 0.1) is 0 Å². The summed E-state index contributed by atoms with van der Waals surface area (Å²) in [5, 5.41) is 4.35. The van der Waals surface area contributed by atoms with E-state index in [0.717, 1.165) is 5.82 Å². The summed E-state index contributed by atoms with van der Waals surface area (Å²) < 4.78 is 2.20. The molecule has 0 atom stereocenters. The van der Waals surface area contributed by atoms with Crippen molar-refractivity contribution in [2.45, 2.75) is 18.8 Å². The van der Waals surface area contributed by atoms with E-state index < -0.39 is 0 Å². The highest BCUT2D eigenvalue weighted by atomic mass is 79.9. The van der Waals surface area contributed by atoms with Crippen LogP contribution < -0.4 is 5.73 Å². The number of nitrogen functional groups attached to an aromatic ring is 1. The molecule has 0 bridgehead atoms. The Morgan fingerprint density at radius 2 is 2.19 bits per heavy atom. The molecule has 6 nitrogen and oxygen atoms in total. The monoisotopic (exact) mass is 280 g/mol. The molecule has 0 amide bonds. The molecule has 16 heavy (non-hydrogen) atoms. The lowest BCUT2D eigenvalue weighted by molar-refractivity contribution is 0.806. The predicted molar refractivity (Wildman–Crippen MR) is 61.0 cm³/mol. The highest BCUT2D eigenvalue weighted by molar-refractivity contribution is 9.10. The summed E-state index contributed by atoms with van der Waals surface area (Å²) >= 11 is 3.25. The van der Waals surface area contributed by atoms with E-state index in [-0.39, 0.29) is 0 Å². The Morgan fingerprint density at radius 3 is 2.94 bits per heavy atom. The van der Waals surface area contributed by atoms with Crippen LogP contribution in [0.5, 0.6) is 0 Å². The van der Waals surface area contributed by atoms with Gasteiger partial charge in [-0.05, 0) is 28.8 Å². The second-order valence-corrected chi connectivity index (χ2v) is 4.54. The third-order valence-corrected chi connectivity index (χ3v) is 2.80. The third-order valence-electron chi connectivity index (χ3n) is 2.42. The zero-order valence-electron chi connectivity index (χ0n) is 8.34. The van der Waals surface area contributed by atoms with Crippen LogP contribution in [-0.2, 0) is 0 Å². The number of halogens is 1. The minimum absolute atomic E-state index is 0.343. The average Bonchev–Trinajstić information content (AvgIpc) is 3.01. The fourth-order valence-electron chi connectivity index (χ4n) is 1.44. The van der Waals surface area contributed by atoms with Crippen molar-refractivity contribution < 1.29 is 0 Å². The van der Waals surface area contributed by atoms with Crippen LogP contribution in [0.2, 0.25) is 0 Å². The molecule has 2 aromatic heterocycles. The lowest BCUT2D eigenvalue weighted by Crippen LogP contribution is -2.05. The molecule has 1 aliphatic carbocycles. The number of hydrogen-bond donors (Lipinski definition) is 1. The van der Waals surface area contributed by atoms with Crippen molar-refractivity contribution in [3.05, 3.63) is 23.0 Å². The minimum Gasteiger partial charge on any atom is -0.381 e. The van der Waals surface area contributed by atoms with Gasteiger partial charge in [0.05, 0.1) is 6.20 Å². The Kier molecular flexibility index (Phi) is 2.13. The van der Waals surface area contributed by atoms with Crippen LogP contribution >= 0.6 is 15.9 Å². The lowest BCUT2D eigenvalue weighted by Gasteiger charge is -2.02. The van der Waals surface area contributed by atoms with Crippen LogP contribution in [0.4, 0.5) is 5.82 Å². The summed E-state index contributed by atoms with van der Waals surface area (Å²) in [5.41, 5.74) is 5.74. The molecule has 2 N–H and O–H groups in total. The molecule has 1 saturated carbocycles. The van der Waals surface area contributed by atoms with Gasteiger partial charge < -0.3 is 5.73 Å². The molecule has 0 saturated heterocycles. The summed E-state index contributed by atoms with van der Waals surface area (Å²) in [6.45, 7) is 0. The van der Waals surface area contributed by atoms with Gasteiger partial charge in [-0.1, -0.05) is 0 Å². The van der Waals surface area contributed by atoms with Crippen molar-refractivity contribution >= 4 is 21.7 Å². The molecule has 0 radical (unpaired) electrons. The van der Waals surface area contributed by atoms with Gasteiger partial charge in [0.1, 0.15) is 10.9 Å². The maximum absolute atomic E-state index is 5.74. The van der Waals surface area contributed by atoms with Crippen molar-refractivity contribution in [2.75, 3.05) is 5.73 Å². The maximum atomic E-state index is 5.74. The van der Waals surface area contributed by atoms with Crippen LogP contribution in [0.1, 0.15) is 24.6 Å². The van der Waals surface area contributed by atoms with E-state index in [0.29, 0.717) is 22.2 Å². The second kappa shape index (κ2) is 3.51. The summed E-state index contributed by atoms with van der Waals surface area (Å²) in [7, 11) is 0. The normalized spacial score (nSPS) is 15.3. The predicted octanol–water partition coefficient (Wildman–Crippen LogP) is 1.28. The Morgan fingerprint density at radius 1 is 1.38 bits per heavy atom. The van der Waals surface area contributed by atoms with Gasteiger partial charge in [0.25, 0.3) is 0 Å². The van der Waals surface area contributed by atoms with Gasteiger partial charge in [-0.15, -0.1) is 5.10 Å². The molecule has 0 aromatic carbocycles. The molecule has 3 rings (SSSR count). The molecule has 82 valence electrons. The molecular formula is C9H9BrN6. The average molecular weight is 281 g/mol. The lowest BCUT2D eigenvalue weighted by atomic mass is 10.4. The van der Waals surface area contributed by atoms with Crippen LogP contribution in [0.25, 0.3) is 5.82 Å². The van der Waals surface area contributed by atoms with E-state index >= 15 is 0 Å². The number of rotatable bonds is 2. The molecular weight excluding hydrogens is 272 g/mol. The van der Waals surface area contributed by atoms with Crippen LogP contribution in [0.3, 0.4) is 0 Å². The molecule has 0 aliphatic heterocycles. The van der Waals surface area contributed by atoms with E-state index in [2.05, 4.69) is 36.0 Å². The Hall–Kier alpha value is -1.50. The first-order valence-corrected chi connectivity index (χ1v) is 5.73. The summed E-state index contributed by atoms with van der Waals surface area (Å²) in [4.78, 5) is 12.5. The van der Waals surface area contributed by atoms with Crippen LogP contribution in [0.15, 0.2) is 17.1 Å². The standard InChI is InChI=1S/C9H9BrN6/c10-6-3-12-7(11)9(14-6)16-4-13-8(15-16)5-1-2-5/h3-5H,1-2H2,(H2,11,12). The van der Waals surface area contributed by atoms with Crippen molar-refractivity contribution in [1.29, 1.82) is 0 Å². The van der Waals surface area contributed by atoms with E-state index in [1.165, 1.54) is 12.8 Å². The highest BCUT2D eigenvalue weighted by Gasteiger charge is 2.27. The number of hydrogen-bond acceptors (Lipinski definition) is 5. The smallest absolute Gasteiger partial charge is 0.198 e. The number of anilines is 1. The maximum Gasteiger partial charge on any atom is 0.198 e. The van der Waals surface area contributed by atoms with Crippen molar-refractivity contribution in [3.63, 3.8) is 0 Å². The quantitative estimate of drug-likeness (QED) is 0.896. The fraction of sp³-hybridized carbons (Fsp3) is 0.333. The van der Waals surface area contributed by atoms with Gasteiger partial charge in [0, 0.05) is 5.92 Å². The van der Waals surface area contributed by atoms with Crippen LogP contribution in [-0.4, -0.2) is 24.7 Å². The van der Waals surface area contributed by atoms with Gasteiger partial charge in [-0.3, -0.25) is 0 Å². The third kappa shape index (κ3) is 1.67. The largest absolute Gasteiger partial charge is 0.381 e. The topological polar surface area (TPSA) is 82.5 Å². The van der Waals surface area contributed by atoms with E-state index in [9.17, 15) is 0 Å². The summed E-state index contributed by atoms with van der Waals surface area (Å²) in [6.07, 6.45) is 5.52. The molecule has 1 aliphatic rings. The fourth-order valence-corrected chi connectivity index (χ4v) is 1.71. The second-order valence-electron chi connectivity index (χ2n) is 3.72. The number of nitrogens with zero attached hydrogens (tertiary/aromatic N) is 5. The first-order valence-electron chi connectivity index (χ1n) is 4.94. The zero-order chi connectivity index (χ0) is 11.1. The van der Waals surface area contributed by atoms with E-state index in [1.807, 2.05) is 0 Å². The summed E-state index contributed by atoms with van der Waals surface area (Å²) in [6, 6.07) is 0. The van der Waals surface area contributed by atoms with Crippen molar-refractivity contribution in [3.8, 4) is 5.82 Å². The molecule has 0 spiro atoms. The van der Waals surface area contributed by atoms with Gasteiger partial charge >= 0.3 is 0 Å². The van der Waals surface area contributed by atoms with Gasteiger partial charge in [-0.2, -0.15) is 4.68 Å². The summed E-state index contributed by atoms with van der Waals surface area (Å²) in [5.74, 6) is 2.23. The molecule has 0 unspecified atom stereocenters. The van der Waals surface area contributed by atoms with Crippen molar-refractivity contribution in [1.82, 2.24) is 24.7 Å². The Labute approximate surface area is 100 Å². The van der Waals surface area contributed by atoms with Gasteiger partial charge in [0.2, 0.25) is 0 Å². The number of aromatic nitrogens is 5. The number of nitrogens with two attached hydrogens (primary N) is 1. The van der Waals surface area contributed by atoms with Crippen molar-refractivity contribution in [2.24, 2.45) is 0 Å². The molecule has 1 fully saturated rings. The van der Waals surface area contributed by atoms with Gasteiger partial charge in [-0.25, -0.2) is 15.0 Å². The first kappa shape index (κ1) is 9.71. The Balaban J connectivity index is 2.03. The zero-order valence-corrected chi connectivity index (χ0v) is 9.92. The highest BCUT2D eigenvalue weighted by Crippen LogP contribution is 2.37. The van der Waals surface area contributed by atoms with E-state index in [1.54, 1.807) is 17.2 Å². The SMILES string of the molecule is Nc1ncc(Br)nc1-n1cnc(C2CC2)n1. The molecule has 2 aromatic rings. The minimum atomic E-state index is 0.343. The Bertz CT molecular complexity index is 533. The molecule has 2 heterocycles. The molecule has 7 heteroatoms. The first-order chi connectivity index (χ1) is 7.74. The van der Waals surface area contributed by atoms with Gasteiger partial charge in [0.15, 0.2) is 17.5 Å².